The first-order chi connectivity index (χ1) is 6.56. The summed E-state index contributed by atoms with van der Waals surface area (Å²) in [6.45, 7) is 4.29. The second kappa shape index (κ2) is 4.32. The minimum atomic E-state index is 0.189. The molecule has 0 amide bonds. The van der Waals surface area contributed by atoms with E-state index in [-0.39, 0.29) is 5.84 Å². The second-order valence-corrected chi connectivity index (χ2v) is 3.43. The van der Waals surface area contributed by atoms with Gasteiger partial charge in [-0.15, -0.1) is 0 Å². The van der Waals surface area contributed by atoms with Gasteiger partial charge in [0.05, 0.1) is 16.4 Å². The number of oxime groups is 1. The maximum Gasteiger partial charge on any atom is 0.140 e. The summed E-state index contributed by atoms with van der Waals surface area (Å²) >= 11 is 5.95. The van der Waals surface area contributed by atoms with Gasteiger partial charge in [-0.05, 0) is 13.8 Å². The van der Waals surface area contributed by atoms with Crippen LogP contribution in [0.1, 0.15) is 17.8 Å². The maximum absolute atomic E-state index is 8.35. The highest BCUT2D eigenvalue weighted by Crippen LogP contribution is 2.18. The Morgan fingerprint density at radius 3 is 2.71 bits per heavy atom. The van der Waals surface area contributed by atoms with Crippen molar-refractivity contribution in [2.24, 2.45) is 10.9 Å². The summed E-state index contributed by atoms with van der Waals surface area (Å²) < 4.78 is 1.75. The number of nitrogens with two attached hydrogens (primary N) is 1. The predicted molar refractivity (Wildman–Crippen MR) is 54.7 cm³/mol. The number of amidine groups is 1. The van der Waals surface area contributed by atoms with Crippen molar-refractivity contribution in [1.29, 1.82) is 0 Å². The first-order valence-electron chi connectivity index (χ1n) is 4.22. The Balaban J connectivity index is 2.73. The lowest BCUT2D eigenvalue weighted by atomic mass is 10.3. The molecule has 1 aromatic heterocycles. The van der Waals surface area contributed by atoms with Crippen LogP contribution in [0.25, 0.3) is 0 Å². The topological polar surface area (TPSA) is 76.4 Å². The molecule has 0 saturated heterocycles. The second-order valence-electron chi connectivity index (χ2n) is 3.05. The summed E-state index contributed by atoms with van der Waals surface area (Å²) in [6, 6.07) is 0. The molecule has 1 aromatic rings. The highest BCUT2D eigenvalue weighted by Gasteiger charge is 2.08. The van der Waals surface area contributed by atoms with Gasteiger partial charge in [-0.3, -0.25) is 4.68 Å². The molecule has 0 aliphatic rings. The van der Waals surface area contributed by atoms with Crippen molar-refractivity contribution in [3.8, 4) is 0 Å². The molecule has 3 N–H and O–H groups in total. The van der Waals surface area contributed by atoms with E-state index in [1.54, 1.807) is 4.68 Å². The van der Waals surface area contributed by atoms with E-state index in [1.165, 1.54) is 0 Å². The lowest BCUT2D eigenvalue weighted by molar-refractivity contribution is 0.316. The Kier molecular flexibility index (Phi) is 3.35. The van der Waals surface area contributed by atoms with E-state index in [9.17, 15) is 0 Å². The Labute approximate surface area is 87.2 Å². The Bertz CT molecular complexity index is 358. The van der Waals surface area contributed by atoms with Crippen LogP contribution in [0.5, 0.6) is 0 Å². The van der Waals surface area contributed by atoms with Gasteiger partial charge in [0.2, 0.25) is 0 Å². The first-order valence-corrected chi connectivity index (χ1v) is 4.60. The third-order valence-electron chi connectivity index (χ3n) is 2.00. The zero-order valence-corrected chi connectivity index (χ0v) is 8.91. The fourth-order valence-corrected chi connectivity index (χ4v) is 1.30. The van der Waals surface area contributed by atoms with E-state index < -0.39 is 0 Å². The third kappa shape index (κ3) is 2.17. The van der Waals surface area contributed by atoms with Gasteiger partial charge in [-0.25, -0.2) is 0 Å². The number of aryl methyl sites for hydroxylation is 2. The molecular formula is C8H13ClN4O. The standard InChI is InChI=1S/C8H13ClN4O/c1-5-8(9)6(2)13(11-5)4-3-7(10)12-14/h14H,3-4H2,1-2H3,(H2,10,12). The van der Waals surface area contributed by atoms with E-state index in [1.807, 2.05) is 13.8 Å². The molecule has 0 atom stereocenters. The zero-order chi connectivity index (χ0) is 10.7. The molecule has 0 fully saturated rings. The molecule has 5 nitrogen and oxygen atoms in total. The Morgan fingerprint density at radius 2 is 2.29 bits per heavy atom. The van der Waals surface area contributed by atoms with E-state index in [0.29, 0.717) is 18.0 Å². The molecule has 1 rings (SSSR count). The Hall–Kier alpha value is -1.23. The minimum Gasteiger partial charge on any atom is -0.409 e. The SMILES string of the molecule is Cc1nn(CC/C(N)=N/O)c(C)c1Cl. The van der Waals surface area contributed by atoms with Gasteiger partial charge in [-0.2, -0.15) is 5.10 Å². The fourth-order valence-electron chi connectivity index (χ4n) is 1.16. The predicted octanol–water partition coefficient (Wildman–Crippen LogP) is 1.29. The molecule has 0 aromatic carbocycles. The van der Waals surface area contributed by atoms with Crippen LogP contribution in [-0.2, 0) is 6.54 Å². The van der Waals surface area contributed by atoms with Crippen molar-refractivity contribution in [3.05, 3.63) is 16.4 Å². The van der Waals surface area contributed by atoms with Gasteiger partial charge in [0, 0.05) is 13.0 Å². The first kappa shape index (κ1) is 10.8. The molecule has 0 aliphatic heterocycles. The molecule has 78 valence electrons. The lowest BCUT2D eigenvalue weighted by Gasteiger charge is -2.02. The lowest BCUT2D eigenvalue weighted by Crippen LogP contribution is -2.15. The van der Waals surface area contributed by atoms with Gasteiger partial charge in [0.1, 0.15) is 5.84 Å². The third-order valence-corrected chi connectivity index (χ3v) is 2.55. The molecule has 6 heteroatoms. The molecule has 0 radical (unpaired) electrons. The monoisotopic (exact) mass is 216 g/mol. The van der Waals surface area contributed by atoms with Crippen molar-refractivity contribution in [2.45, 2.75) is 26.8 Å². The van der Waals surface area contributed by atoms with Crippen molar-refractivity contribution in [3.63, 3.8) is 0 Å². The molecule has 14 heavy (non-hydrogen) atoms. The van der Waals surface area contributed by atoms with E-state index in [0.717, 1.165) is 11.4 Å². The maximum atomic E-state index is 8.35. The summed E-state index contributed by atoms with van der Waals surface area (Å²) in [4.78, 5) is 0. The number of halogens is 1. The minimum absolute atomic E-state index is 0.189. The number of hydrogen-bond donors (Lipinski definition) is 2. The van der Waals surface area contributed by atoms with E-state index >= 15 is 0 Å². The summed E-state index contributed by atoms with van der Waals surface area (Å²) in [5, 5.41) is 16.1. The van der Waals surface area contributed by atoms with Gasteiger partial charge in [-0.1, -0.05) is 16.8 Å². The zero-order valence-electron chi connectivity index (χ0n) is 8.16. The molecule has 0 spiro atoms. The van der Waals surface area contributed by atoms with Crippen LogP contribution in [0.3, 0.4) is 0 Å². The van der Waals surface area contributed by atoms with Crippen LogP contribution in [0, 0.1) is 13.8 Å². The normalized spacial score (nSPS) is 12.1. The molecule has 0 saturated carbocycles. The van der Waals surface area contributed by atoms with Crippen molar-refractivity contribution in [2.75, 3.05) is 0 Å². The molecule has 0 unspecified atom stereocenters. The van der Waals surface area contributed by atoms with Crippen molar-refractivity contribution < 1.29 is 5.21 Å². The van der Waals surface area contributed by atoms with Crippen LogP contribution >= 0.6 is 11.6 Å². The molecule has 1 heterocycles. The molecule has 0 aliphatic carbocycles. The molecule has 0 bridgehead atoms. The summed E-state index contributed by atoms with van der Waals surface area (Å²) in [6.07, 6.45) is 0.453. The van der Waals surface area contributed by atoms with Crippen LogP contribution < -0.4 is 5.73 Å². The number of nitrogens with zero attached hydrogens (tertiary/aromatic N) is 3. The van der Waals surface area contributed by atoms with Crippen LogP contribution in [0.2, 0.25) is 5.02 Å². The number of rotatable bonds is 3. The summed E-state index contributed by atoms with van der Waals surface area (Å²) in [5.41, 5.74) is 7.03. The number of hydrogen-bond acceptors (Lipinski definition) is 3. The van der Waals surface area contributed by atoms with Gasteiger partial charge in [0.25, 0.3) is 0 Å². The average Bonchev–Trinajstić information content (AvgIpc) is 2.42. The highest BCUT2D eigenvalue weighted by molar-refractivity contribution is 6.31. The van der Waals surface area contributed by atoms with E-state index in [2.05, 4.69) is 10.3 Å². The molecular weight excluding hydrogens is 204 g/mol. The summed E-state index contributed by atoms with van der Waals surface area (Å²) in [5.74, 6) is 0.189. The van der Waals surface area contributed by atoms with Crippen molar-refractivity contribution >= 4 is 17.4 Å². The van der Waals surface area contributed by atoms with Crippen molar-refractivity contribution in [1.82, 2.24) is 9.78 Å². The Morgan fingerprint density at radius 1 is 1.64 bits per heavy atom. The van der Waals surface area contributed by atoms with Crippen LogP contribution in [0.15, 0.2) is 5.16 Å². The highest BCUT2D eigenvalue weighted by atomic mass is 35.5. The quantitative estimate of drug-likeness (QED) is 0.346. The smallest absolute Gasteiger partial charge is 0.140 e. The van der Waals surface area contributed by atoms with E-state index in [4.69, 9.17) is 22.5 Å². The van der Waals surface area contributed by atoms with Gasteiger partial charge in [0.15, 0.2) is 0 Å². The van der Waals surface area contributed by atoms with Crippen LogP contribution in [-0.4, -0.2) is 20.8 Å². The fraction of sp³-hybridized carbons (Fsp3) is 0.500. The van der Waals surface area contributed by atoms with Gasteiger partial charge >= 0.3 is 0 Å². The average molecular weight is 217 g/mol. The summed E-state index contributed by atoms with van der Waals surface area (Å²) in [7, 11) is 0. The largest absolute Gasteiger partial charge is 0.409 e. The van der Waals surface area contributed by atoms with Crippen LogP contribution in [0.4, 0.5) is 0 Å². The van der Waals surface area contributed by atoms with Gasteiger partial charge < -0.3 is 10.9 Å². The number of aromatic nitrogens is 2.